The average molecular weight is 515 g/mol. The van der Waals surface area contributed by atoms with Crippen molar-refractivity contribution in [3.8, 4) is 0 Å². The standard InChI is InChI=1S/C23H32ClFN4O4S/c1-34(32,33)26-19-7-12-27(13-8-19)10-2-11-28-15-16-29(14-9-23(28)31)22(30)6-4-18-3-5-21(25)20(24)17-18/h3-6,17,19,26H,2,7-16H2,1H3/b6-4+. The monoisotopic (exact) mass is 514 g/mol. The first-order chi connectivity index (χ1) is 16.1. The van der Waals surface area contributed by atoms with E-state index >= 15 is 0 Å². The van der Waals surface area contributed by atoms with Gasteiger partial charge in [0.2, 0.25) is 21.8 Å². The van der Waals surface area contributed by atoms with Gasteiger partial charge in [0, 0.05) is 44.7 Å². The van der Waals surface area contributed by atoms with Crippen LogP contribution in [0.25, 0.3) is 6.08 Å². The zero-order chi connectivity index (χ0) is 24.7. The molecule has 2 aliphatic heterocycles. The number of nitrogens with zero attached hydrogens (tertiary/aromatic N) is 3. The first-order valence-corrected chi connectivity index (χ1v) is 13.8. The molecule has 1 aromatic carbocycles. The van der Waals surface area contributed by atoms with Crippen molar-refractivity contribution < 1.29 is 22.4 Å². The summed E-state index contributed by atoms with van der Waals surface area (Å²) in [5, 5.41) is 0.000511. The van der Waals surface area contributed by atoms with E-state index in [1.165, 1.54) is 24.5 Å². The summed E-state index contributed by atoms with van der Waals surface area (Å²) >= 11 is 5.78. The van der Waals surface area contributed by atoms with E-state index in [2.05, 4.69) is 9.62 Å². The van der Waals surface area contributed by atoms with E-state index in [1.54, 1.807) is 17.0 Å². The molecule has 2 amide bonds. The van der Waals surface area contributed by atoms with Crippen molar-refractivity contribution in [2.75, 3.05) is 52.1 Å². The maximum absolute atomic E-state index is 13.3. The Kier molecular flexibility index (Phi) is 9.47. The number of hydrogen-bond acceptors (Lipinski definition) is 5. The van der Waals surface area contributed by atoms with Gasteiger partial charge in [-0.3, -0.25) is 9.59 Å². The zero-order valence-electron chi connectivity index (χ0n) is 19.4. The molecule has 0 radical (unpaired) electrons. The highest BCUT2D eigenvalue weighted by Crippen LogP contribution is 2.17. The first-order valence-electron chi connectivity index (χ1n) is 11.5. The second kappa shape index (κ2) is 12.1. The number of carbonyl (C=O) groups excluding carboxylic acids is 2. The summed E-state index contributed by atoms with van der Waals surface area (Å²) in [4.78, 5) is 30.9. The van der Waals surface area contributed by atoms with Crippen LogP contribution in [0.1, 0.15) is 31.2 Å². The second-order valence-electron chi connectivity index (χ2n) is 8.82. The van der Waals surface area contributed by atoms with Crippen LogP contribution in [0.2, 0.25) is 5.02 Å². The third-order valence-corrected chi connectivity index (χ3v) is 7.18. The average Bonchev–Trinajstić information content (AvgIpc) is 2.96. The van der Waals surface area contributed by atoms with Crippen molar-refractivity contribution in [3.05, 3.63) is 40.7 Å². The van der Waals surface area contributed by atoms with E-state index in [4.69, 9.17) is 11.6 Å². The summed E-state index contributed by atoms with van der Waals surface area (Å²) in [5.41, 5.74) is 0.628. The van der Waals surface area contributed by atoms with Crippen LogP contribution in [-0.4, -0.2) is 93.0 Å². The van der Waals surface area contributed by atoms with Crippen molar-refractivity contribution in [3.63, 3.8) is 0 Å². The number of nitrogens with one attached hydrogen (secondary N) is 1. The molecule has 8 nitrogen and oxygen atoms in total. The van der Waals surface area contributed by atoms with Crippen molar-refractivity contribution in [1.82, 2.24) is 19.4 Å². The van der Waals surface area contributed by atoms with Gasteiger partial charge in [0.05, 0.1) is 11.3 Å². The minimum atomic E-state index is -3.18. The molecule has 2 fully saturated rings. The molecule has 0 saturated carbocycles. The van der Waals surface area contributed by atoms with Gasteiger partial charge in [0.1, 0.15) is 5.82 Å². The number of carbonyl (C=O) groups is 2. The summed E-state index contributed by atoms with van der Waals surface area (Å²) < 4.78 is 38.7. The lowest BCUT2D eigenvalue weighted by atomic mass is 10.1. The smallest absolute Gasteiger partial charge is 0.246 e. The number of hydrogen-bond donors (Lipinski definition) is 1. The molecule has 0 unspecified atom stereocenters. The predicted molar refractivity (Wildman–Crippen MR) is 130 cm³/mol. The normalized spacial score (nSPS) is 19.1. The van der Waals surface area contributed by atoms with Crippen LogP contribution in [0, 0.1) is 5.82 Å². The molecule has 0 atom stereocenters. The molecule has 1 aromatic rings. The predicted octanol–water partition coefficient (Wildman–Crippen LogP) is 1.96. The van der Waals surface area contributed by atoms with Gasteiger partial charge in [-0.2, -0.15) is 0 Å². The van der Waals surface area contributed by atoms with Gasteiger partial charge in [0.25, 0.3) is 0 Å². The van der Waals surface area contributed by atoms with Crippen LogP contribution in [0.3, 0.4) is 0 Å². The van der Waals surface area contributed by atoms with Gasteiger partial charge < -0.3 is 14.7 Å². The van der Waals surface area contributed by atoms with E-state index in [9.17, 15) is 22.4 Å². The zero-order valence-corrected chi connectivity index (χ0v) is 21.0. The molecule has 2 saturated heterocycles. The van der Waals surface area contributed by atoms with Crippen LogP contribution in [0.4, 0.5) is 4.39 Å². The molecule has 3 rings (SSSR count). The lowest BCUT2D eigenvalue weighted by Crippen LogP contribution is -2.45. The number of rotatable bonds is 8. The van der Waals surface area contributed by atoms with E-state index in [0.29, 0.717) is 31.7 Å². The van der Waals surface area contributed by atoms with Gasteiger partial charge in [0.15, 0.2) is 0 Å². The largest absolute Gasteiger partial charge is 0.341 e. The Bertz CT molecular complexity index is 1010. The van der Waals surface area contributed by atoms with Crippen molar-refractivity contribution >= 4 is 39.5 Å². The fourth-order valence-corrected chi connectivity index (χ4v) is 5.31. The molecular weight excluding hydrogens is 483 g/mol. The number of halogens is 2. The fourth-order valence-electron chi connectivity index (χ4n) is 4.27. The third-order valence-electron chi connectivity index (χ3n) is 6.13. The van der Waals surface area contributed by atoms with E-state index in [-0.39, 0.29) is 29.3 Å². The van der Waals surface area contributed by atoms with Crippen LogP contribution >= 0.6 is 11.6 Å². The second-order valence-corrected chi connectivity index (χ2v) is 11.0. The molecule has 2 heterocycles. The minimum absolute atomic E-state index is 0.000511. The Hall–Kier alpha value is -2.01. The molecule has 0 aromatic heterocycles. The molecular formula is C23H32ClFN4O4S. The highest BCUT2D eigenvalue weighted by Gasteiger charge is 2.24. The van der Waals surface area contributed by atoms with Crippen molar-refractivity contribution in [1.29, 1.82) is 0 Å². The number of sulfonamides is 1. The quantitative estimate of drug-likeness (QED) is 0.536. The third kappa shape index (κ3) is 8.33. The summed E-state index contributed by atoms with van der Waals surface area (Å²) in [6.45, 7) is 4.45. The molecule has 0 bridgehead atoms. The lowest BCUT2D eigenvalue weighted by molar-refractivity contribution is -0.130. The Labute approximate surface area is 205 Å². The molecule has 0 spiro atoms. The van der Waals surface area contributed by atoms with Crippen LogP contribution in [0.5, 0.6) is 0 Å². The molecule has 11 heteroatoms. The number of likely N-dealkylation sites (tertiary alicyclic amines) is 1. The Balaban J connectivity index is 1.41. The first kappa shape index (κ1) is 26.6. The Morgan fingerprint density at radius 2 is 1.91 bits per heavy atom. The number of amides is 2. The van der Waals surface area contributed by atoms with E-state index in [0.717, 1.165) is 38.9 Å². The highest BCUT2D eigenvalue weighted by atomic mass is 35.5. The van der Waals surface area contributed by atoms with Gasteiger partial charge in [-0.25, -0.2) is 17.5 Å². The summed E-state index contributed by atoms with van der Waals surface area (Å²) in [6.07, 6.45) is 6.87. The number of piperidine rings is 1. The van der Waals surface area contributed by atoms with Crippen LogP contribution in [0.15, 0.2) is 24.3 Å². The van der Waals surface area contributed by atoms with Gasteiger partial charge >= 0.3 is 0 Å². The van der Waals surface area contributed by atoms with E-state index in [1.807, 2.05) is 4.90 Å². The van der Waals surface area contributed by atoms with Gasteiger partial charge in [-0.15, -0.1) is 0 Å². The van der Waals surface area contributed by atoms with Gasteiger partial charge in [-0.05, 0) is 62.7 Å². The maximum atomic E-state index is 13.3. The Morgan fingerprint density at radius 1 is 1.18 bits per heavy atom. The van der Waals surface area contributed by atoms with Crippen LogP contribution in [-0.2, 0) is 19.6 Å². The molecule has 1 N–H and O–H groups in total. The summed E-state index contributed by atoms with van der Waals surface area (Å²) in [6, 6.07) is 4.25. The minimum Gasteiger partial charge on any atom is -0.341 e. The molecule has 34 heavy (non-hydrogen) atoms. The molecule has 2 aliphatic rings. The van der Waals surface area contributed by atoms with Gasteiger partial charge in [-0.1, -0.05) is 17.7 Å². The maximum Gasteiger partial charge on any atom is 0.246 e. The van der Waals surface area contributed by atoms with Crippen molar-refractivity contribution in [2.24, 2.45) is 0 Å². The fraction of sp³-hybridized carbons (Fsp3) is 0.565. The summed E-state index contributed by atoms with van der Waals surface area (Å²) in [7, 11) is -3.18. The van der Waals surface area contributed by atoms with Crippen LogP contribution < -0.4 is 4.72 Å². The number of benzene rings is 1. The summed E-state index contributed by atoms with van der Waals surface area (Å²) in [5.74, 6) is -0.661. The molecule has 0 aliphatic carbocycles. The topological polar surface area (TPSA) is 90.0 Å². The highest BCUT2D eigenvalue weighted by molar-refractivity contribution is 7.88. The molecule has 188 valence electrons. The SMILES string of the molecule is CS(=O)(=O)NC1CCN(CCCN2CCN(C(=O)/C=C/c3ccc(F)c(Cl)c3)CCC2=O)CC1. The lowest BCUT2D eigenvalue weighted by Gasteiger charge is -2.32. The van der Waals surface area contributed by atoms with E-state index < -0.39 is 15.8 Å². The van der Waals surface area contributed by atoms with Crippen molar-refractivity contribution in [2.45, 2.75) is 31.7 Å². The Morgan fingerprint density at radius 3 is 2.59 bits per heavy atom.